The predicted octanol–water partition coefficient (Wildman–Crippen LogP) is 2.15. The van der Waals surface area contributed by atoms with Gasteiger partial charge >= 0.3 is 5.97 Å². The Morgan fingerprint density at radius 3 is 3.00 bits per heavy atom. The van der Waals surface area contributed by atoms with E-state index in [0.717, 1.165) is 31.3 Å². The molecule has 5 nitrogen and oxygen atoms in total. The highest BCUT2D eigenvalue weighted by Gasteiger charge is 2.26. The van der Waals surface area contributed by atoms with Crippen LogP contribution in [0.5, 0.6) is 0 Å². The molecule has 2 rings (SSSR count). The summed E-state index contributed by atoms with van der Waals surface area (Å²) in [6.07, 6.45) is 0.883. The zero-order chi connectivity index (χ0) is 15.8. The zero-order valence-corrected chi connectivity index (χ0v) is 12.9. The SMILES string of the molecule is C=CC(=O)OC(C)COCCN1CCOC1c1ccccc1. The molecular weight excluding hydrogens is 282 g/mol. The van der Waals surface area contributed by atoms with Gasteiger partial charge in [0.15, 0.2) is 0 Å². The van der Waals surface area contributed by atoms with E-state index in [2.05, 4.69) is 23.6 Å². The molecule has 5 heteroatoms. The smallest absolute Gasteiger partial charge is 0.330 e. The molecule has 1 heterocycles. The van der Waals surface area contributed by atoms with E-state index in [1.165, 1.54) is 0 Å². The Morgan fingerprint density at radius 1 is 1.50 bits per heavy atom. The van der Waals surface area contributed by atoms with Crippen LogP contribution in [0.15, 0.2) is 43.0 Å². The zero-order valence-electron chi connectivity index (χ0n) is 12.9. The number of ether oxygens (including phenoxy) is 3. The van der Waals surface area contributed by atoms with Crippen LogP contribution >= 0.6 is 0 Å². The second-order valence-corrected chi connectivity index (χ2v) is 5.20. The minimum absolute atomic E-state index is 0.000757. The summed E-state index contributed by atoms with van der Waals surface area (Å²) in [5.41, 5.74) is 1.16. The lowest BCUT2D eigenvalue weighted by molar-refractivity contribution is -0.145. The number of hydrogen-bond donors (Lipinski definition) is 0. The fraction of sp³-hybridized carbons (Fsp3) is 0.471. The van der Waals surface area contributed by atoms with E-state index in [1.807, 2.05) is 18.2 Å². The lowest BCUT2D eigenvalue weighted by Gasteiger charge is -2.23. The van der Waals surface area contributed by atoms with Crippen molar-refractivity contribution in [3.63, 3.8) is 0 Å². The molecule has 120 valence electrons. The molecule has 1 aliphatic rings. The molecule has 1 aromatic carbocycles. The van der Waals surface area contributed by atoms with Crippen molar-refractivity contribution in [2.24, 2.45) is 0 Å². The lowest BCUT2D eigenvalue weighted by atomic mass is 10.2. The van der Waals surface area contributed by atoms with E-state index in [1.54, 1.807) is 6.92 Å². The van der Waals surface area contributed by atoms with Crippen molar-refractivity contribution in [2.45, 2.75) is 19.3 Å². The van der Waals surface area contributed by atoms with Gasteiger partial charge in [-0.3, -0.25) is 4.90 Å². The van der Waals surface area contributed by atoms with Crippen molar-refractivity contribution in [1.82, 2.24) is 4.90 Å². The van der Waals surface area contributed by atoms with Crippen LogP contribution in [0.25, 0.3) is 0 Å². The van der Waals surface area contributed by atoms with Crippen LogP contribution in [0, 0.1) is 0 Å². The highest BCUT2D eigenvalue weighted by Crippen LogP contribution is 2.25. The molecule has 2 atom stereocenters. The van der Waals surface area contributed by atoms with Crippen molar-refractivity contribution in [3.05, 3.63) is 48.6 Å². The van der Waals surface area contributed by atoms with E-state index in [4.69, 9.17) is 14.2 Å². The van der Waals surface area contributed by atoms with Crippen molar-refractivity contribution in [1.29, 1.82) is 0 Å². The normalized spacial score (nSPS) is 19.8. The number of carbonyl (C=O) groups is 1. The minimum atomic E-state index is -0.423. The molecule has 0 amide bonds. The molecule has 1 aliphatic heterocycles. The van der Waals surface area contributed by atoms with Gasteiger partial charge in [-0.05, 0) is 12.5 Å². The van der Waals surface area contributed by atoms with Crippen molar-refractivity contribution in [3.8, 4) is 0 Å². The molecule has 0 aromatic heterocycles. The topological polar surface area (TPSA) is 48.0 Å². The molecule has 0 saturated carbocycles. The Morgan fingerprint density at radius 2 is 2.27 bits per heavy atom. The first-order chi connectivity index (χ1) is 10.7. The highest BCUT2D eigenvalue weighted by atomic mass is 16.6. The molecule has 1 fully saturated rings. The standard InChI is InChI=1S/C17H23NO4/c1-3-16(19)22-14(2)13-20-11-9-18-10-12-21-17(18)15-7-5-4-6-8-15/h3-8,14,17H,1,9-13H2,2H3. The summed E-state index contributed by atoms with van der Waals surface area (Å²) >= 11 is 0. The molecule has 0 aliphatic carbocycles. The van der Waals surface area contributed by atoms with E-state index in [-0.39, 0.29) is 12.3 Å². The molecule has 2 unspecified atom stereocenters. The summed E-state index contributed by atoms with van der Waals surface area (Å²) in [5.74, 6) is -0.423. The van der Waals surface area contributed by atoms with Gasteiger partial charge in [-0.15, -0.1) is 0 Å². The number of benzene rings is 1. The maximum atomic E-state index is 11.0. The quantitative estimate of drug-likeness (QED) is 0.418. The van der Waals surface area contributed by atoms with E-state index < -0.39 is 5.97 Å². The first-order valence-corrected chi connectivity index (χ1v) is 7.52. The Balaban J connectivity index is 1.70. The Hall–Kier alpha value is -1.69. The van der Waals surface area contributed by atoms with Gasteiger partial charge < -0.3 is 14.2 Å². The third kappa shape index (κ3) is 4.94. The van der Waals surface area contributed by atoms with Crippen LogP contribution in [-0.2, 0) is 19.0 Å². The van der Waals surface area contributed by atoms with E-state index in [9.17, 15) is 4.79 Å². The van der Waals surface area contributed by atoms with E-state index >= 15 is 0 Å². The second kappa shape index (κ2) is 8.68. The Kier molecular flexibility index (Phi) is 6.58. The third-order valence-corrected chi connectivity index (χ3v) is 3.43. The second-order valence-electron chi connectivity index (χ2n) is 5.20. The summed E-state index contributed by atoms with van der Waals surface area (Å²) in [6, 6.07) is 10.2. The monoisotopic (exact) mass is 305 g/mol. The summed E-state index contributed by atoms with van der Waals surface area (Å²) < 4.78 is 16.4. The van der Waals surface area contributed by atoms with Crippen LogP contribution in [-0.4, -0.2) is 49.9 Å². The molecular formula is C17H23NO4. The van der Waals surface area contributed by atoms with Gasteiger partial charge in [0, 0.05) is 19.2 Å². The summed E-state index contributed by atoms with van der Waals surface area (Å²) in [5, 5.41) is 0. The highest BCUT2D eigenvalue weighted by molar-refractivity contribution is 5.81. The molecule has 1 aromatic rings. The first kappa shape index (κ1) is 16.7. The van der Waals surface area contributed by atoms with Crippen molar-refractivity contribution >= 4 is 5.97 Å². The molecule has 0 radical (unpaired) electrons. The van der Waals surface area contributed by atoms with Gasteiger partial charge in [0.2, 0.25) is 0 Å². The number of nitrogens with zero attached hydrogens (tertiary/aromatic N) is 1. The van der Waals surface area contributed by atoms with Gasteiger partial charge in [0.1, 0.15) is 12.3 Å². The largest absolute Gasteiger partial charge is 0.457 e. The lowest BCUT2D eigenvalue weighted by Crippen LogP contribution is -2.29. The fourth-order valence-corrected chi connectivity index (χ4v) is 2.37. The summed E-state index contributed by atoms with van der Waals surface area (Å²) in [4.78, 5) is 13.3. The van der Waals surface area contributed by atoms with Crippen LogP contribution in [0.4, 0.5) is 0 Å². The van der Waals surface area contributed by atoms with Gasteiger partial charge in [0.25, 0.3) is 0 Å². The number of carbonyl (C=O) groups excluding carboxylic acids is 1. The Labute approximate surface area is 131 Å². The van der Waals surface area contributed by atoms with Gasteiger partial charge in [-0.25, -0.2) is 4.79 Å². The first-order valence-electron chi connectivity index (χ1n) is 7.52. The van der Waals surface area contributed by atoms with Crippen molar-refractivity contribution in [2.75, 3.05) is 32.9 Å². The molecule has 0 N–H and O–H groups in total. The van der Waals surface area contributed by atoms with Crippen LogP contribution < -0.4 is 0 Å². The van der Waals surface area contributed by atoms with Crippen LogP contribution in [0.3, 0.4) is 0 Å². The van der Waals surface area contributed by atoms with E-state index in [0.29, 0.717) is 13.2 Å². The summed E-state index contributed by atoms with van der Waals surface area (Å²) in [6.45, 7) is 8.52. The summed E-state index contributed by atoms with van der Waals surface area (Å²) in [7, 11) is 0. The Bertz CT molecular complexity index is 477. The maximum Gasteiger partial charge on any atom is 0.330 e. The molecule has 1 saturated heterocycles. The fourth-order valence-electron chi connectivity index (χ4n) is 2.37. The molecule has 22 heavy (non-hydrogen) atoms. The average molecular weight is 305 g/mol. The molecule has 0 spiro atoms. The van der Waals surface area contributed by atoms with Crippen molar-refractivity contribution < 1.29 is 19.0 Å². The number of rotatable bonds is 8. The number of esters is 1. The minimum Gasteiger partial charge on any atom is -0.457 e. The molecule has 0 bridgehead atoms. The van der Waals surface area contributed by atoms with Gasteiger partial charge in [-0.2, -0.15) is 0 Å². The van der Waals surface area contributed by atoms with Crippen LogP contribution in [0.2, 0.25) is 0 Å². The van der Waals surface area contributed by atoms with Gasteiger partial charge in [-0.1, -0.05) is 36.9 Å². The maximum absolute atomic E-state index is 11.0. The van der Waals surface area contributed by atoms with Gasteiger partial charge in [0.05, 0.1) is 19.8 Å². The number of hydrogen-bond acceptors (Lipinski definition) is 5. The third-order valence-electron chi connectivity index (χ3n) is 3.43. The van der Waals surface area contributed by atoms with Crippen LogP contribution in [0.1, 0.15) is 18.7 Å². The predicted molar refractivity (Wildman–Crippen MR) is 83.3 cm³/mol. The average Bonchev–Trinajstić information content (AvgIpc) is 3.00.